The van der Waals surface area contributed by atoms with Gasteiger partial charge in [-0.3, -0.25) is 14.2 Å². The molecule has 40 heavy (non-hydrogen) atoms. The zero-order valence-corrected chi connectivity index (χ0v) is 23.7. The summed E-state index contributed by atoms with van der Waals surface area (Å²) in [5.74, 6) is 1.15. The second-order valence-electron chi connectivity index (χ2n) is 9.64. The molecule has 0 saturated carbocycles. The first kappa shape index (κ1) is 27.1. The minimum atomic E-state index is -0.659. The third-order valence-electron chi connectivity index (χ3n) is 6.33. The van der Waals surface area contributed by atoms with Crippen molar-refractivity contribution in [2.24, 2.45) is 4.99 Å². The fourth-order valence-corrected chi connectivity index (χ4v) is 5.71. The van der Waals surface area contributed by atoms with Crippen LogP contribution in [0.25, 0.3) is 6.08 Å². The van der Waals surface area contributed by atoms with E-state index in [4.69, 9.17) is 14.5 Å². The number of fused-ring (bicyclic) bond motifs is 1. The maximum atomic E-state index is 13.9. The van der Waals surface area contributed by atoms with Gasteiger partial charge in [-0.05, 0) is 81.3 Å². The normalized spacial score (nSPS) is 15.0. The minimum absolute atomic E-state index is 0.0399. The van der Waals surface area contributed by atoms with Crippen LogP contribution < -0.4 is 29.7 Å². The van der Waals surface area contributed by atoms with E-state index in [1.54, 1.807) is 4.57 Å². The maximum absolute atomic E-state index is 13.9. The molecule has 0 spiro atoms. The number of anilines is 1. The summed E-state index contributed by atoms with van der Waals surface area (Å²) in [6, 6.07) is 23.7. The largest absolute Gasteiger partial charge is 0.494 e. The lowest BCUT2D eigenvalue weighted by atomic mass is 9.95. The number of thiazole rings is 1. The van der Waals surface area contributed by atoms with E-state index < -0.39 is 6.04 Å². The molecular weight excluding hydrogens is 522 g/mol. The summed E-state index contributed by atoms with van der Waals surface area (Å²) in [6.07, 6.45) is 1.88. The van der Waals surface area contributed by atoms with Crippen LogP contribution in [-0.4, -0.2) is 23.2 Å². The number of amides is 1. The molecule has 0 radical (unpaired) electrons. The predicted molar refractivity (Wildman–Crippen MR) is 159 cm³/mol. The molecule has 1 aliphatic heterocycles. The van der Waals surface area contributed by atoms with E-state index in [0.29, 0.717) is 32.9 Å². The fraction of sp³-hybridized carbons (Fsp3) is 0.219. The van der Waals surface area contributed by atoms with E-state index in [2.05, 4.69) is 5.32 Å². The Hall–Kier alpha value is -4.43. The quantitative estimate of drug-likeness (QED) is 0.331. The van der Waals surface area contributed by atoms with Crippen molar-refractivity contribution in [3.05, 3.63) is 121 Å². The first-order valence-corrected chi connectivity index (χ1v) is 14.0. The zero-order valence-electron chi connectivity index (χ0n) is 22.9. The van der Waals surface area contributed by atoms with Gasteiger partial charge in [-0.2, -0.15) is 0 Å². The Morgan fingerprint density at radius 3 is 2.50 bits per heavy atom. The van der Waals surface area contributed by atoms with E-state index in [1.807, 2.05) is 113 Å². The highest BCUT2D eigenvalue weighted by Crippen LogP contribution is 2.31. The van der Waals surface area contributed by atoms with Crippen LogP contribution in [0, 0.1) is 0 Å². The molecule has 7 nitrogen and oxygen atoms in total. The molecule has 1 amide bonds. The van der Waals surface area contributed by atoms with Crippen molar-refractivity contribution < 1.29 is 14.3 Å². The van der Waals surface area contributed by atoms with Crippen LogP contribution in [0.5, 0.6) is 11.5 Å². The van der Waals surface area contributed by atoms with Crippen LogP contribution >= 0.6 is 11.3 Å². The third kappa shape index (κ3) is 5.77. The van der Waals surface area contributed by atoms with Gasteiger partial charge in [0, 0.05) is 5.69 Å². The number of aromatic nitrogens is 1. The van der Waals surface area contributed by atoms with Crippen LogP contribution in [0.15, 0.2) is 99.9 Å². The second-order valence-corrected chi connectivity index (χ2v) is 10.7. The molecule has 1 atom stereocenters. The summed E-state index contributed by atoms with van der Waals surface area (Å²) in [5.41, 5.74) is 3.07. The highest BCUT2D eigenvalue weighted by atomic mass is 32.1. The summed E-state index contributed by atoms with van der Waals surface area (Å²) in [5, 5.41) is 2.98. The lowest BCUT2D eigenvalue weighted by Gasteiger charge is -2.25. The summed E-state index contributed by atoms with van der Waals surface area (Å²) in [7, 11) is 0. The molecule has 204 valence electrons. The number of carbonyl (C=O) groups excluding carboxylic acids is 1. The summed E-state index contributed by atoms with van der Waals surface area (Å²) in [6.45, 7) is 8.22. The SMILES string of the molecule is CCOc1ccc([C@H]2C(C(=O)Nc3ccccc3)=C(C)N=c3s/c(=C\c4cccc(OC(C)C)c4)c(=O)n32)cc1. The molecular formula is C32H31N3O4S. The lowest BCUT2D eigenvalue weighted by Crippen LogP contribution is -2.40. The molecule has 5 rings (SSSR count). The van der Waals surface area contributed by atoms with Gasteiger partial charge in [0.25, 0.3) is 11.5 Å². The number of nitrogens with one attached hydrogen (secondary N) is 1. The van der Waals surface area contributed by atoms with Gasteiger partial charge in [0.1, 0.15) is 11.5 Å². The van der Waals surface area contributed by atoms with Gasteiger partial charge in [0.15, 0.2) is 4.80 Å². The zero-order chi connectivity index (χ0) is 28.2. The Bertz CT molecular complexity index is 1740. The topological polar surface area (TPSA) is 81.9 Å². The Labute approximate surface area is 236 Å². The second kappa shape index (κ2) is 11.8. The summed E-state index contributed by atoms with van der Waals surface area (Å²) < 4.78 is 13.6. The Morgan fingerprint density at radius 1 is 1.05 bits per heavy atom. The summed E-state index contributed by atoms with van der Waals surface area (Å²) >= 11 is 1.30. The number of ether oxygens (including phenoxy) is 2. The minimum Gasteiger partial charge on any atom is -0.494 e. The lowest BCUT2D eigenvalue weighted by molar-refractivity contribution is -0.113. The van der Waals surface area contributed by atoms with Crippen molar-refractivity contribution in [3.8, 4) is 11.5 Å². The van der Waals surface area contributed by atoms with Crippen molar-refractivity contribution in [1.29, 1.82) is 0 Å². The molecule has 0 unspecified atom stereocenters. The van der Waals surface area contributed by atoms with E-state index >= 15 is 0 Å². The first-order chi connectivity index (χ1) is 19.3. The molecule has 1 aliphatic rings. The molecule has 1 aromatic heterocycles. The highest BCUT2D eigenvalue weighted by molar-refractivity contribution is 7.07. The van der Waals surface area contributed by atoms with E-state index in [1.165, 1.54) is 11.3 Å². The number of hydrogen-bond acceptors (Lipinski definition) is 6. The average Bonchev–Trinajstić information content (AvgIpc) is 3.23. The van der Waals surface area contributed by atoms with Gasteiger partial charge in [-0.1, -0.05) is 53.8 Å². The third-order valence-corrected chi connectivity index (χ3v) is 7.32. The molecule has 8 heteroatoms. The van der Waals surface area contributed by atoms with Crippen molar-refractivity contribution in [2.45, 2.75) is 39.8 Å². The van der Waals surface area contributed by atoms with Crippen LogP contribution in [0.4, 0.5) is 5.69 Å². The average molecular weight is 554 g/mol. The molecule has 3 aromatic carbocycles. The van der Waals surface area contributed by atoms with Crippen molar-refractivity contribution in [3.63, 3.8) is 0 Å². The van der Waals surface area contributed by atoms with Crippen LogP contribution in [0.2, 0.25) is 0 Å². The van der Waals surface area contributed by atoms with E-state index in [9.17, 15) is 9.59 Å². The van der Waals surface area contributed by atoms with Gasteiger partial charge in [0.2, 0.25) is 0 Å². The molecule has 0 saturated heterocycles. The van der Waals surface area contributed by atoms with E-state index in [-0.39, 0.29) is 17.6 Å². The van der Waals surface area contributed by atoms with Gasteiger partial charge in [0.05, 0.1) is 34.6 Å². The van der Waals surface area contributed by atoms with Crippen LogP contribution in [0.3, 0.4) is 0 Å². The highest BCUT2D eigenvalue weighted by Gasteiger charge is 2.32. The number of rotatable bonds is 8. The van der Waals surface area contributed by atoms with Gasteiger partial charge in [-0.25, -0.2) is 4.99 Å². The number of nitrogens with zero attached hydrogens (tertiary/aromatic N) is 2. The molecule has 4 aromatic rings. The number of carbonyl (C=O) groups is 1. The molecule has 2 heterocycles. The van der Waals surface area contributed by atoms with Crippen LogP contribution in [0.1, 0.15) is 44.9 Å². The van der Waals surface area contributed by atoms with Crippen LogP contribution in [-0.2, 0) is 4.79 Å². The van der Waals surface area contributed by atoms with Gasteiger partial charge >= 0.3 is 0 Å². The maximum Gasteiger partial charge on any atom is 0.271 e. The monoisotopic (exact) mass is 553 g/mol. The smallest absolute Gasteiger partial charge is 0.271 e. The Balaban J connectivity index is 1.63. The predicted octanol–water partition coefficient (Wildman–Crippen LogP) is 5.06. The van der Waals surface area contributed by atoms with Crippen molar-refractivity contribution in [2.75, 3.05) is 11.9 Å². The number of benzene rings is 3. The molecule has 0 aliphatic carbocycles. The Morgan fingerprint density at radius 2 is 1.80 bits per heavy atom. The molecule has 0 bridgehead atoms. The van der Waals surface area contributed by atoms with Crippen molar-refractivity contribution in [1.82, 2.24) is 4.57 Å². The first-order valence-electron chi connectivity index (χ1n) is 13.2. The standard InChI is InChI=1S/C32H31N3O4S/c1-5-38-25-16-14-23(15-17-25)29-28(30(36)34-24-11-7-6-8-12-24)21(4)33-32-35(29)31(37)27(40-32)19-22-10-9-13-26(18-22)39-20(2)3/h6-20,29H,5H2,1-4H3,(H,34,36)/b27-19-/t29-/m0/s1. The summed E-state index contributed by atoms with van der Waals surface area (Å²) in [4.78, 5) is 32.9. The van der Waals surface area contributed by atoms with Crippen molar-refractivity contribution >= 4 is 29.0 Å². The van der Waals surface area contributed by atoms with Gasteiger partial charge in [-0.15, -0.1) is 0 Å². The van der Waals surface area contributed by atoms with Gasteiger partial charge < -0.3 is 14.8 Å². The number of para-hydroxylation sites is 1. The number of hydrogen-bond donors (Lipinski definition) is 1. The molecule has 1 N–H and O–H groups in total. The Kier molecular flexibility index (Phi) is 7.98. The van der Waals surface area contributed by atoms with E-state index in [0.717, 1.165) is 22.6 Å². The molecule has 0 fully saturated rings. The number of allylic oxidation sites excluding steroid dienone is 1. The fourth-order valence-electron chi connectivity index (χ4n) is 4.66.